The van der Waals surface area contributed by atoms with Crippen molar-refractivity contribution in [2.75, 3.05) is 26.8 Å². The van der Waals surface area contributed by atoms with Crippen LogP contribution >= 0.6 is 0 Å². The summed E-state index contributed by atoms with van der Waals surface area (Å²) in [7, 11) is 1.74. The molecule has 1 aromatic rings. The summed E-state index contributed by atoms with van der Waals surface area (Å²) in [4.78, 5) is 0. The molecule has 0 spiro atoms. The van der Waals surface area contributed by atoms with Gasteiger partial charge in [0.25, 0.3) is 0 Å². The summed E-state index contributed by atoms with van der Waals surface area (Å²) >= 11 is 0. The van der Waals surface area contributed by atoms with Gasteiger partial charge < -0.3 is 10.1 Å². The summed E-state index contributed by atoms with van der Waals surface area (Å²) in [6.45, 7) is 5.06. The summed E-state index contributed by atoms with van der Waals surface area (Å²) in [6.07, 6.45) is 1.34. The molecule has 2 unspecified atom stereocenters. The summed E-state index contributed by atoms with van der Waals surface area (Å²) in [5.41, 5.74) is 2.88. The zero-order valence-electron chi connectivity index (χ0n) is 10.2. The van der Waals surface area contributed by atoms with Gasteiger partial charge in [0, 0.05) is 13.7 Å². The standard InChI is InChI=1S/C14H21NO/c1-11-4-3-5-12(8-11)14-9-13(14)10-15-6-7-16-2/h3-5,8,13-15H,6-7,9-10H2,1-2H3. The van der Waals surface area contributed by atoms with E-state index in [1.165, 1.54) is 17.5 Å². The number of ether oxygens (including phenoxy) is 1. The van der Waals surface area contributed by atoms with Crippen LogP contribution in [0.3, 0.4) is 0 Å². The van der Waals surface area contributed by atoms with Crippen molar-refractivity contribution in [3.8, 4) is 0 Å². The zero-order chi connectivity index (χ0) is 11.4. The molecule has 2 rings (SSSR count). The van der Waals surface area contributed by atoms with E-state index in [4.69, 9.17) is 4.74 Å². The molecule has 1 aliphatic carbocycles. The van der Waals surface area contributed by atoms with Crippen LogP contribution in [0, 0.1) is 12.8 Å². The third-order valence-electron chi connectivity index (χ3n) is 3.28. The van der Waals surface area contributed by atoms with Crippen molar-refractivity contribution in [2.24, 2.45) is 5.92 Å². The Morgan fingerprint density at radius 2 is 2.31 bits per heavy atom. The van der Waals surface area contributed by atoms with Crippen molar-refractivity contribution in [2.45, 2.75) is 19.3 Å². The predicted molar refractivity (Wildman–Crippen MR) is 66.8 cm³/mol. The van der Waals surface area contributed by atoms with Gasteiger partial charge in [0.1, 0.15) is 0 Å². The van der Waals surface area contributed by atoms with E-state index in [9.17, 15) is 0 Å². The molecular weight excluding hydrogens is 198 g/mol. The number of hydrogen-bond donors (Lipinski definition) is 1. The van der Waals surface area contributed by atoms with Crippen molar-refractivity contribution in [1.29, 1.82) is 0 Å². The lowest BCUT2D eigenvalue weighted by molar-refractivity contribution is 0.199. The first-order chi connectivity index (χ1) is 7.81. The van der Waals surface area contributed by atoms with Crippen LogP contribution in [0.25, 0.3) is 0 Å². The molecule has 1 aliphatic rings. The number of hydrogen-bond acceptors (Lipinski definition) is 2. The highest BCUT2D eigenvalue weighted by atomic mass is 16.5. The van der Waals surface area contributed by atoms with Crippen molar-refractivity contribution in [1.82, 2.24) is 5.32 Å². The van der Waals surface area contributed by atoms with Gasteiger partial charge in [-0.15, -0.1) is 0 Å². The minimum Gasteiger partial charge on any atom is -0.383 e. The monoisotopic (exact) mass is 219 g/mol. The Balaban J connectivity index is 1.74. The highest BCUT2D eigenvalue weighted by Gasteiger charge is 2.37. The maximum Gasteiger partial charge on any atom is 0.0587 e. The molecule has 88 valence electrons. The van der Waals surface area contributed by atoms with Crippen molar-refractivity contribution in [3.63, 3.8) is 0 Å². The molecule has 2 nitrogen and oxygen atoms in total. The van der Waals surface area contributed by atoms with E-state index in [1.54, 1.807) is 7.11 Å². The van der Waals surface area contributed by atoms with E-state index >= 15 is 0 Å². The first-order valence-electron chi connectivity index (χ1n) is 6.07. The molecule has 0 heterocycles. The van der Waals surface area contributed by atoms with Crippen molar-refractivity contribution in [3.05, 3.63) is 35.4 Å². The first-order valence-corrected chi connectivity index (χ1v) is 6.07. The zero-order valence-corrected chi connectivity index (χ0v) is 10.2. The second-order valence-corrected chi connectivity index (χ2v) is 4.71. The predicted octanol–water partition coefficient (Wildman–Crippen LogP) is 2.33. The van der Waals surface area contributed by atoms with E-state index in [1.807, 2.05) is 0 Å². The van der Waals surface area contributed by atoms with Crippen LogP contribution in [-0.2, 0) is 4.74 Å². The molecule has 0 amide bonds. The van der Waals surface area contributed by atoms with Crippen LogP contribution in [0.1, 0.15) is 23.5 Å². The van der Waals surface area contributed by atoms with Gasteiger partial charge in [0.15, 0.2) is 0 Å². The van der Waals surface area contributed by atoms with Crippen LogP contribution in [0.2, 0.25) is 0 Å². The second kappa shape index (κ2) is 5.46. The van der Waals surface area contributed by atoms with Gasteiger partial charge in [-0.3, -0.25) is 0 Å². The highest BCUT2D eigenvalue weighted by molar-refractivity contribution is 5.29. The van der Waals surface area contributed by atoms with E-state index in [0.717, 1.165) is 31.5 Å². The van der Waals surface area contributed by atoms with Gasteiger partial charge in [-0.05, 0) is 37.3 Å². The Kier molecular flexibility index (Phi) is 3.97. The van der Waals surface area contributed by atoms with Gasteiger partial charge >= 0.3 is 0 Å². The Bertz CT molecular complexity index is 337. The van der Waals surface area contributed by atoms with Crippen LogP contribution in [0.5, 0.6) is 0 Å². The average Bonchev–Trinajstić information content (AvgIpc) is 3.04. The quantitative estimate of drug-likeness (QED) is 0.741. The number of aryl methyl sites for hydroxylation is 1. The molecule has 0 aromatic heterocycles. The largest absolute Gasteiger partial charge is 0.383 e. The van der Waals surface area contributed by atoms with Crippen molar-refractivity contribution < 1.29 is 4.74 Å². The van der Waals surface area contributed by atoms with E-state index in [2.05, 4.69) is 36.5 Å². The molecule has 2 atom stereocenters. The third-order valence-corrected chi connectivity index (χ3v) is 3.28. The minimum absolute atomic E-state index is 0.787. The molecule has 0 saturated heterocycles. The molecule has 1 aromatic carbocycles. The summed E-state index contributed by atoms with van der Waals surface area (Å²) < 4.78 is 5.01. The fourth-order valence-electron chi connectivity index (χ4n) is 2.24. The van der Waals surface area contributed by atoms with Crippen LogP contribution in [-0.4, -0.2) is 26.8 Å². The lowest BCUT2D eigenvalue weighted by Gasteiger charge is -2.04. The molecule has 0 bridgehead atoms. The Morgan fingerprint density at radius 1 is 1.44 bits per heavy atom. The molecule has 1 saturated carbocycles. The Labute approximate surface area is 98.0 Å². The summed E-state index contributed by atoms with van der Waals surface area (Å²) in [6, 6.07) is 8.91. The Morgan fingerprint density at radius 3 is 3.06 bits per heavy atom. The third kappa shape index (κ3) is 3.06. The SMILES string of the molecule is COCCNCC1CC1c1cccc(C)c1. The van der Waals surface area contributed by atoms with Gasteiger partial charge in [0.2, 0.25) is 0 Å². The smallest absolute Gasteiger partial charge is 0.0587 e. The first kappa shape index (κ1) is 11.6. The van der Waals surface area contributed by atoms with Crippen molar-refractivity contribution >= 4 is 0 Å². The topological polar surface area (TPSA) is 21.3 Å². The number of rotatable bonds is 6. The molecule has 1 fully saturated rings. The fraction of sp³-hybridized carbons (Fsp3) is 0.571. The number of nitrogens with one attached hydrogen (secondary N) is 1. The minimum atomic E-state index is 0.787. The van der Waals surface area contributed by atoms with Crippen LogP contribution in [0.15, 0.2) is 24.3 Å². The Hall–Kier alpha value is -0.860. The summed E-state index contributed by atoms with van der Waals surface area (Å²) in [5, 5.41) is 3.44. The molecule has 2 heteroatoms. The average molecular weight is 219 g/mol. The molecule has 1 N–H and O–H groups in total. The maximum atomic E-state index is 5.01. The highest BCUT2D eigenvalue weighted by Crippen LogP contribution is 2.46. The van der Waals surface area contributed by atoms with E-state index < -0.39 is 0 Å². The molecule has 16 heavy (non-hydrogen) atoms. The summed E-state index contributed by atoms with van der Waals surface area (Å²) in [5.74, 6) is 1.62. The van der Waals surface area contributed by atoms with Gasteiger partial charge in [0.05, 0.1) is 6.61 Å². The van der Waals surface area contributed by atoms with E-state index in [-0.39, 0.29) is 0 Å². The van der Waals surface area contributed by atoms with Gasteiger partial charge in [-0.2, -0.15) is 0 Å². The van der Waals surface area contributed by atoms with Crippen LogP contribution < -0.4 is 5.32 Å². The lowest BCUT2D eigenvalue weighted by atomic mass is 10.1. The van der Waals surface area contributed by atoms with E-state index in [0.29, 0.717) is 0 Å². The molecular formula is C14H21NO. The number of methoxy groups -OCH3 is 1. The normalized spacial score (nSPS) is 23.4. The number of benzene rings is 1. The van der Waals surface area contributed by atoms with Gasteiger partial charge in [-0.1, -0.05) is 29.8 Å². The van der Waals surface area contributed by atoms with Crippen LogP contribution in [0.4, 0.5) is 0 Å². The van der Waals surface area contributed by atoms with Gasteiger partial charge in [-0.25, -0.2) is 0 Å². The molecule has 0 aliphatic heterocycles. The fourth-order valence-corrected chi connectivity index (χ4v) is 2.24. The maximum absolute atomic E-state index is 5.01. The lowest BCUT2D eigenvalue weighted by Crippen LogP contribution is -2.21. The molecule has 0 radical (unpaired) electrons. The second-order valence-electron chi connectivity index (χ2n) is 4.71.